The molecule has 12 rings (SSSR count). The third-order valence-corrected chi connectivity index (χ3v) is 18.5. The van der Waals surface area contributed by atoms with Crippen molar-refractivity contribution in [2.24, 2.45) is 0 Å². The van der Waals surface area contributed by atoms with Gasteiger partial charge in [0, 0.05) is 54.9 Å². The molecule has 3 aliphatic rings. The van der Waals surface area contributed by atoms with Crippen molar-refractivity contribution in [3.8, 4) is 11.1 Å². The van der Waals surface area contributed by atoms with E-state index in [0.717, 1.165) is 46.5 Å². The molecule has 6 heteroatoms. The molecule has 0 spiro atoms. The monoisotopic (exact) mass is 1040 g/mol. The third-order valence-electron chi connectivity index (χ3n) is 17.3. The van der Waals surface area contributed by atoms with Crippen molar-refractivity contribution in [2.45, 2.75) is 150 Å². The van der Waals surface area contributed by atoms with Gasteiger partial charge in [0.05, 0.1) is 11.4 Å². The molecule has 0 N–H and O–H groups in total. The average Bonchev–Trinajstić information content (AvgIpc) is 2.60. The molecule has 0 amide bonds. The Labute approximate surface area is 470 Å². The van der Waals surface area contributed by atoms with Crippen LogP contribution in [0.1, 0.15) is 151 Å². The summed E-state index contributed by atoms with van der Waals surface area (Å²) >= 11 is 1.97. The summed E-state index contributed by atoms with van der Waals surface area (Å²) in [4.78, 5) is 13.8. The van der Waals surface area contributed by atoms with E-state index in [1.165, 1.54) is 81.7 Å². The van der Waals surface area contributed by atoms with Crippen LogP contribution in [0.15, 0.2) is 164 Å². The molecule has 0 radical (unpaired) electrons. The molecular weight excluding hydrogens is 964 g/mol. The Hall–Kier alpha value is -6.89. The van der Waals surface area contributed by atoms with Gasteiger partial charge in [-0.1, -0.05) is 202 Å². The normalized spacial score (nSPS) is 15.5. The highest BCUT2D eigenvalue weighted by Gasteiger charge is 2.49. The van der Waals surface area contributed by atoms with Gasteiger partial charge in [-0.3, -0.25) is 9.80 Å². The molecule has 0 saturated heterocycles. The highest BCUT2D eigenvalue weighted by molar-refractivity contribution is 7.33. The van der Waals surface area contributed by atoms with Gasteiger partial charge < -0.3 is 4.90 Å². The summed E-state index contributed by atoms with van der Waals surface area (Å²) < 4.78 is 2.66. The van der Waals surface area contributed by atoms with E-state index in [-0.39, 0.29) is 39.2 Å². The highest BCUT2D eigenvalue weighted by Crippen LogP contribution is 2.55. The molecule has 78 heavy (non-hydrogen) atoms. The number of fused-ring (bicyclic) bond motifs is 7. The fourth-order valence-corrected chi connectivity index (χ4v) is 14.5. The first-order chi connectivity index (χ1) is 36.7. The quantitative estimate of drug-likeness (QED) is 0.155. The van der Waals surface area contributed by atoms with Crippen molar-refractivity contribution in [2.75, 3.05) is 14.7 Å². The molecule has 0 bridgehead atoms. The molecule has 2 aromatic heterocycles. The van der Waals surface area contributed by atoms with Crippen molar-refractivity contribution >= 4 is 95.3 Å². The van der Waals surface area contributed by atoms with Gasteiger partial charge in [-0.2, -0.15) is 0 Å². The van der Waals surface area contributed by atoms with Crippen LogP contribution < -0.4 is 30.4 Å². The second-order valence-electron chi connectivity index (χ2n) is 28.1. The van der Waals surface area contributed by atoms with Gasteiger partial charge in [-0.25, -0.2) is 4.98 Å². The van der Waals surface area contributed by atoms with Gasteiger partial charge in [-0.05, 0) is 156 Å². The van der Waals surface area contributed by atoms with Gasteiger partial charge in [0.15, 0.2) is 0 Å². The van der Waals surface area contributed by atoms with Crippen molar-refractivity contribution in [3.05, 3.63) is 197 Å². The molecule has 0 atom stereocenters. The molecule has 1 aliphatic carbocycles. The third kappa shape index (κ3) is 8.60. The zero-order chi connectivity index (χ0) is 55.2. The minimum Gasteiger partial charge on any atom is -0.310 e. The van der Waals surface area contributed by atoms with E-state index in [2.05, 4.69) is 289 Å². The molecule has 0 saturated carbocycles. The number of benzene rings is 7. The van der Waals surface area contributed by atoms with Crippen LogP contribution in [-0.2, 0) is 32.5 Å². The Morgan fingerprint density at radius 3 is 1.64 bits per heavy atom. The number of para-hydroxylation sites is 2. The zero-order valence-corrected chi connectivity index (χ0v) is 49.9. The Morgan fingerprint density at radius 2 is 1.04 bits per heavy atom. The van der Waals surface area contributed by atoms with E-state index < -0.39 is 0 Å². The lowest BCUT2D eigenvalue weighted by molar-refractivity contribution is 0.403. The lowest BCUT2D eigenvalue weighted by Gasteiger charge is -2.44. The Kier molecular flexibility index (Phi) is 11.8. The van der Waals surface area contributed by atoms with Crippen LogP contribution in [0.25, 0.3) is 21.2 Å². The van der Waals surface area contributed by atoms with E-state index in [0.29, 0.717) is 0 Å². The van der Waals surface area contributed by atoms with Crippen LogP contribution in [0.5, 0.6) is 0 Å². The van der Waals surface area contributed by atoms with Crippen molar-refractivity contribution < 1.29 is 0 Å². The molecule has 9 aromatic rings. The number of nitrogens with zero attached hydrogens (tertiary/aromatic N) is 4. The van der Waals surface area contributed by atoms with Crippen LogP contribution in [0.2, 0.25) is 0 Å². The second kappa shape index (κ2) is 17.8. The number of hydrogen-bond donors (Lipinski definition) is 0. The average molecular weight is 1040 g/mol. The summed E-state index contributed by atoms with van der Waals surface area (Å²) in [5.74, 6) is 1.80. The lowest BCUT2D eigenvalue weighted by atomic mass is 9.36. The van der Waals surface area contributed by atoms with Gasteiger partial charge >= 0.3 is 0 Å². The van der Waals surface area contributed by atoms with Crippen molar-refractivity contribution in [1.29, 1.82) is 0 Å². The summed E-state index contributed by atoms with van der Waals surface area (Å²) in [6.07, 6.45) is 1.09. The highest BCUT2D eigenvalue weighted by atomic mass is 32.1. The lowest BCUT2D eigenvalue weighted by Crippen LogP contribution is -2.61. The number of pyridine rings is 1. The van der Waals surface area contributed by atoms with E-state index in [4.69, 9.17) is 4.98 Å². The minimum atomic E-state index is -0.109. The fraction of sp³-hybridized carbons (Fsp3) is 0.319. The molecule has 2 aliphatic heterocycles. The first kappa shape index (κ1) is 51.8. The maximum atomic E-state index is 6.17. The zero-order valence-electron chi connectivity index (χ0n) is 49.1. The van der Waals surface area contributed by atoms with Gasteiger partial charge in [0.2, 0.25) is 0 Å². The number of aromatic nitrogens is 1. The molecule has 7 aromatic carbocycles. The first-order valence-corrected chi connectivity index (χ1v) is 29.2. The van der Waals surface area contributed by atoms with E-state index in [9.17, 15) is 0 Å². The fourth-order valence-electron chi connectivity index (χ4n) is 13.2. The molecule has 4 nitrogen and oxygen atoms in total. The van der Waals surface area contributed by atoms with Crippen LogP contribution in [-0.4, -0.2) is 11.7 Å². The van der Waals surface area contributed by atoms with Crippen LogP contribution in [0.4, 0.5) is 51.4 Å². The SMILES string of the molecule is CC(C)(C)c1ccc(-c2cc(C(C)(C)C)ccc2N2c3ccc(C(C)(C)C)cc3B3c4sc5ccc(C(C)(C)C)cc5c4N(c4ccc5c(c4)C(C)(C)CC5(C)C)c4cc(N(c5ccccc5)c5ccccc5)nc2c43)cc1. The maximum Gasteiger partial charge on any atom is 0.266 e. The number of thiophene rings is 1. The van der Waals surface area contributed by atoms with E-state index in [1.54, 1.807) is 0 Å². The van der Waals surface area contributed by atoms with Crippen LogP contribution >= 0.6 is 11.3 Å². The minimum absolute atomic E-state index is 0.00778. The van der Waals surface area contributed by atoms with Crippen LogP contribution in [0, 0.1) is 0 Å². The summed E-state index contributed by atoms with van der Waals surface area (Å²) in [6.45, 7) is 37.6. The topological polar surface area (TPSA) is 22.6 Å². The molecule has 394 valence electrons. The molecular formula is C72H77BN4S. The Morgan fingerprint density at radius 1 is 0.500 bits per heavy atom. The van der Waals surface area contributed by atoms with Gasteiger partial charge in [0.1, 0.15) is 11.6 Å². The largest absolute Gasteiger partial charge is 0.310 e. The maximum absolute atomic E-state index is 6.17. The molecule has 0 fully saturated rings. The standard InChI is InChI=1S/C72H77BN4S/c1-67(2,3)46-29-27-45(28-30-46)53-39-47(68(4,5)6)31-36-58(53)77-59-37-32-49(70(10,11)12)41-57(59)73-63-60(43-62(74-66(63)77)75(50-23-19-17-20-24-50)51-25-21-18-22-26-51)76(52-34-35-55-56(42-52)72(15,16)44-71(55,13)14)64-54-40-48(69(7,8)9)33-38-61(54)78-65(64)73/h17-43H,44H2,1-16H3. The van der Waals surface area contributed by atoms with Gasteiger partial charge in [-0.15, -0.1) is 11.3 Å². The summed E-state index contributed by atoms with van der Waals surface area (Å²) in [5.41, 5.74) is 20.9. The number of hydrogen-bond acceptors (Lipinski definition) is 5. The summed E-state index contributed by atoms with van der Waals surface area (Å²) in [5, 5.41) is 1.30. The number of anilines is 9. The van der Waals surface area contributed by atoms with Gasteiger partial charge in [0.25, 0.3) is 6.71 Å². The molecule has 0 unspecified atom stereocenters. The summed E-state index contributed by atoms with van der Waals surface area (Å²) in [7, 11) is 0. The predicted molar refractivity (Wildman–Crippen MR) is 339 cm³/mol. The van der Waals surface area contributed by atoms with E-state index >= 15 is 0 Å². The summed E-state index contributed by atoms with van der Waals surface area (Å²) in [6, 6.07) is 62.8. The first-order valence-electron chi connectivity index (χ1n) is 28.4. The number of rotatable bonds is 6. The second-order valence-corrected chi connectivity index (χ2v) is 29.2. The molecule has 4 heterocycles. The Balaban J connectivity index is 1.26. The Bertz CT molecular complexity index is 3780. The van der Waals surface area contributed by atoms with E-state index in [1.807, 2.05) is 11.3 Å². The smallest absolute Gasteiger partial charge is 0.266 e. The van der Waals surface area contributed by atoms with Crippen molar-refractivity contribution in [3.63, 3.8) is 0 Å². The van der Waals surface area contributed by atoms with Crippen molar-refractivity contribution in [1.82, 2.24) is 4.98 Å². The predicted octanol–water partition coefficient (Wildman–Crippen LogP) is 18.7. The van der Waals surface area contributed by atoms with Crippen LogP contribution in [0.3, 0.4) is 0 Å².